The number of hydrogen-bond acceptors (Lipinski definition) is 2. The lowest BCUT2D eigenvalue weighted by Crippen LogP contribution is -2.33. The summed E-state index contributed by atoms with van der Waals surface area (Å²) in [7, 11) is 3.63. The van der Waals surface area contributed by atoms with Crippen LogP contribution >= 0.6 is 0 Å². The van der Waals surface area contributed by atoms with Crippen molar-refractivity contribution in [1.82, 2.24) is 0 Å². The molecule has 0 heterocycles. The highest BCUT2D eigenvalue weighted by atomic mass is 19.4. The highest BCUT2D eigenvalue weighted by Gasteiger charge is 2.31. The fourth-order valence-corrected chi connectivity index (χ4v) is 2.89. The van der Waals surface area contributed by atoms with E-state index in [1.807, 2.05) is 7.05 Å². The maximum atomic E-state index is 12.8. The van der Waals surface area contributed by atoms with Crippen LogP contribution in [0, 0.1) is 0 Å². The van der Waals surface area contributed by atoms with Crippen molar-refractivity contribution in [3.8, 4) is 0 Å². The molecule has 1 saturated carbocycles. The van der Waals surface area contributed by atoms with Crippen LogP contribution in [0.3, 0.4) is 0 Å². The van der Waals surface area contributed by atoms with Crippen LogP contribution < -0.4 is 10.2 Å². The van der Waals surface area contributed by atoms with Gasteiger partial charge in [0.05, 0.1) is 16.9 Å². The first-order valence-corrected chi connectivity index (χ1v) is 7.05. The van der Waals surface area contributed by atoms with Crippen molar-refractivity contribution >= 4 is 11.4 Å². The van der Waals surface area contributed by atoms with Crippen LogP contribution in [0.4, 0.5) is 24.5 Å². The molecule has 0 bridgehead atoms. The largest absolute Gasteiger partial charge is 0.416 e. The van der Waals surface area contributed by atoms with Gasteiger partial charge in [-0.2, -0.15) is 13.2 Å². The standard InChI is InChI=1S/C15H21F3N2/c1-19-13-10-11(15(16,17)18)8-9-14(13)20(2)12-6-4-3-5-7-12/h8-10,12,19H,3-7H2,1-2H3. The van der Waals surface area contributed by atoms with Crippen molar-refractivity contribution in [3.63, 3.8) is 0 Å². The molecule has 1 aromatic rings. The second kappa shape index (κ2) is 5.94. The van der Waals surface area contributed by atoms with Crippen LogP contribution in [0.2, 0.25) is 0 Å². The number of anilines is 2. The second-order valence-electron chi connectivity index (χ2n) is 5.38. The first kappa shape index (κ1) is 15.0. The molecule has 2 nitrogen and oxygen atoms in total. The van der Waals surface area contributed by atoms with Gasteiger partial charge >= 0.3 is 6.18 Å². The van der Waals surface area contributed by atoms with Crippen LogP contribution in [0.5, 0.6) is 0 Å². The number of nitrogens with one attached hydrogen (secondary N) is 1. The van der Waals surface area contributed by atoms with Gasteiger partial charge in [-0.05, 0) is 31.0 Å². The van der Waals surface area contributed by atoms with Crippen LogP contribution in [0.15, 0.2) is 18.2 Å². The van der Waals surface area contributed by atoms with E-state index in [0.29, 0.717) is 11.7 Å². The Morgan fingerprint density at radius 3 is 2.35 bits per heavy atom. The van der Waals surface area contributed by atoms with Crippen molar-refractivity contribution in [3.05, 3.63) is 23.8 Å². The molecule has 0 radical (unpaired) electrons. The Morgan fingerprint density at radius 1 is 1.15 bits per heavy atom. The molecule has 0 aromatic heterocycles. The Hall–Kier alpha value is -1.39. The van der Waals surface area contributed by atoms with E-state index in [-0.39, 0.29) is 0 Å². The predicted molar refractivity (Wildman–Crippen MR) is 76.3 cm³/mol. The summed E-state index contributed by atoms with van der Waals surface area (Å²) >= 11 is 0. The number of hydrogen-bond donors (Lipinski definition) is 1. The Morgan fingerprint density at radius 2 is 1.80 bits per heavy atom. The van der Waals surface area contributed by atoms with Gasteiger partial charge in [0.2, 0.25) is 0 Å². The lowest BCUT2D eigenvalue weighted by molar-refractivity contribution is -0.137. The molecule has 2 rings (SSSR count). The van der Waals surface area contributed by atoms with Crippen LogP contribution in [-0.2, 0) is 6.18 Å². The molecule has 1 aliphatic rings. The van der Waals surface area contributed by atoms with Crippen LogP contribution in [0.1, 0.15) is 37.7 Å². The van der Waals surface area contributed by atoms with Crippen molar-refractivity contribution in [1.29, 1.82) is 0 Å². The zero-order valence-electron chi connectivity index (χ0n) is 11.9. The van der Waals surface area contributed by atoms with E-state index < -0.39 is 11.7 Å². The number of nitrogens with zero attached hydrogens (tertiary/aromatic N) is 1. The van der Waals surface area contributed by atoms with E-state index in [1.54, 1.807) is 13.1 Å². The molecule has 5 heteroatoms. The van der Waals surface area contributed by atoms with Crippen molar-refractivity contribution in [2.45, 2.75) is 44.3 Å². The van der Waals surface area contributed by atoms with Crippen molar-refractivity contribution in [2.75, 3.05) is 24.3 Å². The first-order chi connectivity index (χ1) is 9.43. The third-order valence-electron chi connectivity index (χ3n) is 4.10. The van der Waals surface area contributed by atoms with Crippen LogP contribution in [-0.4, -0.2) is 20.1 Å². The maximum Gasteiger partial charge on any atom is 0.416 e. The molecule has 0 aliphatic heterocycles. The van der Waals surface area contributed by atoms with E-state index in [0.717, 1.165) is 24.6 Å². The van der Waals surface area contributed by atoms with Gasteiger partial charge < -0.3 is 10.2 Å². The summed E-state index contributed by atoms with van der Waals surface area (Å²) in [5.74, 6) is 0. The zero-order valence-corrected chi connectivity index (χ0v) is 11.9. The fourth-order valence-electron chi connectivity index (χ4n) is 2.89. The van der Waals surface area contributed by atoms with Gasteiger partial charge in [-0.15, -0.1) is 0 Å². The summed E-state index contributed by atoms with van der Waals surface area (Å²) in [4.78, 5) is 2.12. The molecule has 1 N–H and O–H groups in total. The Labute approximate surface area is 118 Å². The van der Waals surface area contributed by atoms with Gasteiger partial charge in [-0.25, -0.2) is 0 Å². The minimum Gasteiger partial charge on any atom is -0.386 e. The first-order valence-electron chi connectivity index (χ1n) is 7.05. The summed E-state index contributed by atoms with van der Waals surface area (Å²) < 4.78 is 38.3. The molecule has 1 aliphatic carbocycles. The molecule has 0 amide bonds. The fraction of sp³-hybridized carbons (Fsp3) is 0.600. The van der Waals surface area contributed by atoms with Crippen LogP contribution in [0.25, 0.3) is 0 Å². The van der Waals surface area contributed by atoms with E-state index in [4.69, 9.17) is 0 Å². The molecule has 0 spiro atoms. The Kier molecular flexibility index (Phi) is 4.45. The van der Waals surface area contributed by atoms with E-state index >= 15 is 0 Å². The molecule has 1 fully saturated rings. The van der Waals surface area contributed by atoms with Gasteiger partial charge in [0.25, 0.3) is 0 Å². The smallest absolute Gasteiger partial charge is 0.386 e. The predicted octanol–water partition coefficient (Wildman–Crippen LogP) is 4.52. The average Bonchev–Trinajstić information content (AvgIpc) is 2.45. The normalized spacial score (nSPS) is 17.1. The number of rotatable bonds is 3. The van der Waals surface area contributed by atoms with Crippen molar-refractivity contribution in [2.24, 2.45) is 0 Å². The zero-order chi connectivity index (χ0) is 14.8. The quantitative estimate of drug-likeness (QED) is 0.879. The molecule has 0 unspecified atom stereocenters. The second-order valence-corrected chi connectivity index (χ2v) is 5.38. The molecule has 1 aromatic carbocycles. The van der Waals surface area contributed by atoms with E-state index in [9.17, 15) is 13.2 Å². The minimum absolute atomic E-state index is 0.424. The number of benzene rings is 1. The summed E-state index contributed by atoms with van der Waals surface area (Å²) in [5.41, 5.74) is 0.767. The van der Waals surface area contributed by atoms with Gasteiger partial charge in [0.1, 0.15) is 0 Å². The van der Waals surface area contributed by atoms with Gasteiger partial charge in [0.15, 0.2) is 0 Å². The van der Waals surface area contributed by atoms with E-state index in [2.05, 4.69) is 10.2 Å². The molecular weight excluding hydrogens is 265 g/mol. The lowest BCUT2D eigenvalue weighted by atomic mass is 9.94. The van der Waals surface area contributed by atoms with E-state index in [1.165, 1.54) is 25.3 Å². The maximum absolute atomic E-state index is 12.8. The summed E-state index contributed by atoms with van der Waals surface area (Å²) in [6, 6.07) is 4.35. The topological polar surface area (TPSA) is 15.3 Å². The summed E-state index contributed by atoms with van der Waals surface area (Å²) in [6.45, 7) is 0. The minimum atomic E-state index is -4.30. The Bertz CT molecular complexity index is 451. The highest BCUT2D eigenvalue weighted by molar-refractivity contribution is 5.71. The summed E-state index contributed by atoms with van der Waals surface area (Å²) in [5, 5.41) is 2.89. The molecular formula is C15H21F3N2. The van der Waals surface area contributed by atoms with Gasteiger partial charge in [0, 0.05) is 20.1 Å². The average molecular weight is 286 g/mol. The SMILES string of the molecule is CNc1cc(C(F)(F)F)ccc1N(C)C1CCCCC1. The third kappa shape index (κ3) is 3.19. The van der Waals surface area contributed by atoms with Gasteiger partial charge in [-0.1, -0.05) is 19.3 Å². The lowest BCUT2D eigenvalue weighted by Gasteiger charge is -2.34. The third-order valence-corrected chi connectivity index (χ3v) is 4.10. The number of halogens is 3. The molecule has 112 valence electrons. The van der Waals surface area contributed by atoms with Gasteiger partial charge in [-0.3, -0.25) is 0 Å². The Balaban J connectivity index is 2.26. The number of alkyl halides is 3. The van der Waals surface area contributed by atoms with Crippen molar-refractivity contribution < 1.29 is 13.2 Å². The molecule has 0 atom stereocenters. The summed E-state index contributed by atoms with van der Waals surface area (Å²) in [6.07, 6.45) is 1.58. The monoisotopic (exact) mass is 286 g/mol. The molecule has 0 saturated heterocycles. The highest BCUT2D eigenvalue weighted by Crippen LogP contribution is 2.36. The molecule has 20 heavy (non-hydrogen) atoms.